The molecule has 0 saturated carbocycles. The molecule has 106 valence electrons. The highest BCUT2D eigenvalue weighted by atomic mass is 16.2. The molecule has 1 amide bonds. The van der Waals surface area contributed by atoms with Gasteiger partial charge in [-0.25, -0.2) is 4.98 Å². The fourth-order valence-corrected chi connectivity index (χ4v) is 1.76. The molecular formula is C14H24N4O. The van der Waals surface area contributed by atoms with Crippen LogP contribution in [0.1, 0.15) is 24.2 Å². The standard InChI is InChI=1S/C14H24N4O/c1-5-18(6-2)14(19)12-7-8-15-13(11-12)16-9-10-17(3)4/h7-8,11H,5-6,9-10H2,1-4H3,(H,15,16). The predicted octanol–water partition coefficient (Wildman–Crippen LogP) is 1.54. The molecule has 0 aliphatic carbocycles. The molecule has 19 heavy (non-hydrogen) atoms. The smallest absolute Gasteiger partial charge is 0.254 e. The quantitative estimate of drug-likeness (QED) is 0.811. The number of nitrogens with zero attached hydrogens (tertiary/aromatic N) is 3. The van der Waals surface area contributed by atoms with Crippen LogP contribution in [0.2, 0.25) is 0 Å². The number of hydrogen-bond acceptors (Lipinski definition) is 4. The maximum atomic E-state index is 12.2. The molecule has 0 aliphatic heterocycles. The zero-order valence-electron chi connectivity index (χ0n) is 12.3. The van der Waals surface area contributed by atoms with E-state index in [0.29, 0.717) is 5.56 Å². The normalized spacial score (nSPS) is 10.6. The number of hydrogen-bond donors (Lipinski definition) is 1. The molecule has 0 radical (unpaired) electrons. The van der Waals surface area contributed by atoms with Gasteiger partial charge in [-0.05, 0) is 40.1 Å². The molecule has 1 rings (SSSR count). The third kappa shape index (κ3) is 4.87. The summed E-state index contributed by atoms with van der Waals surface area (Å²) in [5.74, 6) is 0.808. The lowest BCUT2D eigenvalue weighted by atomic mass is 10.2. The van der Waals surface area contributed by atoms with Gasteiger partial charge in [0.2, 0.25) is 0 Å². The van der Waals surface area contributed by atoms with Crippen molar-refractivity contribution in [1.29, 1.82) is 0 Å². The molecule has 5 heteroatoms. The predicted molar refractivity (Wildman–Crippen MR) is 78.5 cm³/mol. The first kappa shape index (κ1) is 15.4. The summed E-state index contributed by atoms with van der Waals surface area (Å²) in [4.78, 5) is 20.3. The van der Waals surface area contributed by atoms with Crippen molar-refractivity contribution in [1.82, 2.24) is 14.8 Å². The lowest BCUT2D eigenvalue weighted by molar-refractivity contribution is 0.0773. The van der Waals surface area contributed by atoms with Gasteiger partial charge in [-0.1, -0.05) is 0 Å². The molecule has 1 heterocycles. The SMILES string of the molecule is CCN(CC)C(=O)c1ccnc(NCCN(C)C)c1. The van der Waals surface area contributed by atoms with Gasteiger partial charge in [0.1, 0.15) is 5.82 Å². The maximum absolute atomic E-state index is 12.2. The number of pyridine rings is 1. The van der Waals surface area contributed by atoms with Gasteiger partial charge in [-0.15, -0.1) is 0 Å². The average molecular weight is 264 g/mol. The van der Waals surface area contributed by atoms with Crippen LogP contribution in [0.4, 0.5) is 5.82 Å². The van der Waals surface area contributed by atoms with Crippen LogP contribution in [0.25, 0.3) is 0 Å². The van der Waals surface area contributed by atoms with Gasteiger partial charge < -0.3 is 15.1 Å². The van der Waals surface area contributed by atoms with Gasteiger partial charge in [0.15, 0.2) is 0 Å². The van der Waals surface area contributed by atoms with Crippen LogP contribution < -0.4 is 5.32 Å². The number of nitrogens with one attached hydrogen (secondary N) is 1. The summed E-state index contributed by atoms with van der Waals surface area (Å²) in [6, 6.07) is 3.58. The van der Waals surface area contributed by atoms with Crippen LogP contribution in [0.15, 0.2) is 18.3 Å². The molecule has 5 nitrogen and oxygen atoms in total. The number of amides is 1. The van der Waals surface area contributed by atoms with Crippen LogP contribution in [-0.2, 0) is 0 Å². The second-order valence-corrected chi connectivity index (χ2v) is 4.64. The minimum Gasteiger partial charge on any atom is -0.369 e. The number of carbonyl (C=O) groups is 1. The Labute approximate surface area is 115 Å². The van der Waals surface area contributed by atoms with Crippen molar-refractivity contribution in [2.75, 3.05) is 45.6 Å². The van der Waals surface area contributed by atoms with Crippen molar-refractivity contribution in [3.8, 4) is 0 Å². The highest BCUT2D eigenvalue weighted by Crippen LogP contribution is 2.09. The van der Waals surface area contributed by atoms with Crippen LogP contribution in [0, 0.1) is 0 Å². The van der Waals surface area contributed by atoms with Gasteiger partial charge in [0, 0.05) is 37.9 Å². The number of anilines is 1. The first-order valence-corrected chi connectivity index (χ1v) is 6.72. The van der Waals surface area contributed by atoms with Crippen LogP contribution in [0.3, 0.4) is 0 Å². The zero-order valence-corrected chi connectivity index (χ0v) is 12.3. The van der Waals surface area contributed by atoms with E-state index in [2.05, 4.69) is 15.2 Å². The van der Waals surface area contributed by atoms with Crippen molar-refractivity contribution >= 4 is 11.7 Å². The Morgan fingerprint density at radius 3 is 2.58 bits per heavy atom. The number of aromatic nitrogens is 1. The summed E-state index contributed by atoms with van der Waals surface area (Å²) >= 11 is 0. The third-order valence-corrected chi connectivity index (χ3v) is 2.92. The minimum absolute atomic E-state index is 0.0584. The Morgan fingerprint density at radius 2 is 2.00 bits per heavy atom. The highest BCUT2D eigenvalue weighted by molar-refractivity contribution is 5.94. The molecule has 0 aromatic carbocycles. The van der Waals surface area contributed by atoms with E-state index < -0.39 is 0 Å². The molecule has 0 saturated heterocycles. The molecule has 1 aromatic rings. The molecule has 0 unspecified atom stereocenters. The number of rotatable bonds is 7. The Bertz CT molecular complexity index is 402. The van der Waals surface area contributed by atoms with E-state index in [1.165, 1.54) is 0 Å². The molecule has 0 bridgehead atoms. The van der Waals surface area contributed by atoms with Crippen molar-refractivity contribution < 1.29 is 4.79 Å². The Kier molecular flexibility index (Phi) is 6.29. The summed E-state index contributed by atoms with van der Waals surface area (Å²) < 4.78 is 0. The number of likely N-dealkylation sites (N-methyl/N-ethyl adjacent to an activating group) is 1. The van der Waals surface area contributed by atoms with Gasteiger partial charge in [-0.2, -0.15) is 0 Å². The summed E-state index contributed by atoms with van der Waals surface area (Å²) in [5, 5.41) is 3.22. The van der Waals surface area contributed by atoms with Gasteiger partial charge >= 0.3 is 0 Å². The fourth-order valence-electron chi connectivity index (χ4n) is 1.76. The summed E-state index contributed by atoms with van der Waals surface area (Å²) in [5.41, 5.74) is 0.686. The van der Waals surface area contributed by atoms with E-state index in [-0.39, 0.29) is 5.91 Å². The Hall–Kier alpha value is -1.62. The van der Waals surface area contributed by atoms with E-state index >= 15 is 0 Å². The average Bonchev–Trinajstić information content (AvgIpc) is 2.40. The van der Waals surface area contributed by atoms with Crippen molar-refractivity contribution in [2.45, 2.75) is 13.8 Å². The van der Waals surface area contributed by atoms with E-state index in [4.69, 9.17) is 0 Å². The monoisotopic (exact) mass is 264 g/mol. The van der Waals surface area contributed by atoms with E-state index in [9.17, 15) is 4.79 Å². The van der Waals surface area contributed by atoms with Gasteiger partial charge in [0.05, 0.1) is 0 Å². The molecular weight excluding hydrogens is 240 g/mol. The molecule has 0 atom stereocenters. The number of carbonyl (C=O) groups excluding carboxylic acids is 1. The van der Waals surface area contributed by atoms with E-state index in [1.54, 1.807) is 17.2 Å². The van der Waals surface area contributed by atoms with Crippen molar-refractivity contribution in [3.05, 3.63) is 23.9 Å². The summed E-state index contributed by atoms with van der Waals surface area (Å²) in [7, 11) is 4.05. The van der Waals surface area contributed by atoms with Gasteiger partial charge in [0.25, 0.3) is 5.91 Å². The van der Waals surface area contributed by atoms with E-state index in [1.807, 2.05) is 34.0 Å². The molecule has 0 fully saturated rings. The first-order valence-electron chi connectivity index (χ1n) is 6.72. The van der Waals surface area contributed by atoms with Crippen molar-refractivity contribution in [2.24, 2.45) is 0 Å². The van der Waals surface area contributed by atoms with Crippen LogP contribution >= 0.6 is 0 Å². The first-order chi connectivity index (χ1) is 9.08. The highest BCUT2D eigenvalue weighted by Gasteiger charge is 2.12. The van der Waals surface area contributed by atoms with Crippen LogP contribution in [0.5, 0.6) is 0 Å². The van der Waals surface area contributed by atoms with Crippen LogP contribution in [-0.4, -0.2) is 61.0 Å². The molecule has 0 spiro atoms. The Morgan fingerprint density at radius 1 is 1.32 bits per heavy atom. The third-order valence-electron chi connectivity index (χ3n) is 2.92. The second kappa shape index (κ2) is 7.74. The summed E-state index contributed by atoms with van der Waals surface area (Å²) in [6.45, 7) is 7.15. The lowest BCUT2D eigenvalue weighted by Gasteiger charge is -2.19. The minimum atomic E-state index is 0.0584. The van der Waals surface area contributed by atoms with Crippen molar-refractivity contribution in [3.63, 3.8) is 0 Å². The summed E-state index contributed by atoms with van der Waals surface area (Å²) in [6.07, 6.45) is 1.68. The zero-order chi connectivity index (χ0) is 14.3. The van der Waals surface area contributed by atoms with E-state index in [0.717, 1.165) is 32.0 Å². The molecule has 1 aromatic heterocycles. The fraction of sp³-hybridized carbons (Fsp3) is 0.571. The topological polar surface area (TPSA) is 48.5 Å². The molecule has 1 N–H and O–H groups in total. The second-order valence-electron chi connectivity index (χ2n) is 4.64. The Balaban J connectivity index is 2.68. The lowest BCUT2D eigenvalue weighted by Crippen LogP contribution is -2.30. The molecule has 0 aliphatic rings. The largest absolute Gasteiger partial charge is 0.369 e. The maximum Gasteiger partial charge on any atom is 0.254 e. The van der Waals surface area contributed by atoms with Gasteiger partial charge in [-0.3, -0.25) is 4.79 Å².